The molecule has 120 valence electrons. The number of para-hydroxylation sites is 1. The summed E-state index contributed by atoms with van der Waals surface area (Å²) in [5, 5.41) is 5.99. The van der Waals surface area contributed by atoms with Crippen LogP contribution in [-0.4, -0.2) is 18.6 Å². The molecule has 0 saturated heterocycles. The summed E-state index contributed by atoms with van der Waals surface area (Å²) < 4.78 is 5.98. The van der Waals surface area contributed by atoms with Crippen LogP contribution in [0, 0.1) is 0 Å². The minimum Gasteiger partial charge on any atom is -0.490 e. The molecule has 0 atom stereocenters. The molecular formula is C19H22N2O2. The van der Waals surface area contributed by atoms with Crippen molar-refractivity contribution in [3.63, 3.8) is 0 Å². The molecular weight excluding hydrogens is 288 g/mol. The third-order valence-electron chi connectivity index (χ3n) is 3.95. The van der Waals surface area contributed by atoms with Crippen LogP contribution >= 0.6 is 0 Å². The Labute approximate surface area is 136 Å². The van der Waals surface area contributed by atoms with Gasteiger partial charge >= 0.3 is 0 Å². The summed E-state index contributed by atoms with van der Waals surface area (Å²) in [5.41, 5.74) is 1.70. The molecule has 4 nitrogen and oxygen atoms in total. The van der Waals surface area contributed by atoms with Gasteiger partial charge in [0.15, 0.2) is 0 Å². The molecule has 0 radical (unpaired) electrons. The quantitative estimate of drug-likeness (QED) is 0.846. The van der Waals surface area contributed by atoms with Gasteiger partial charge in [-0.3, -0.25) is 4.79 Å². The summed E-state index contributed by atoms with van der Waals surface area (Å²) in [5.74, 6) is 0.795. The summed E-state index contributed by atoms with van der Waals surface area (Å²) in [6.07, 6.45) is 5.12. The predicted molar refractivity (Wildman–Crippen MR) is 92.9 cm³/mol. The molecule has 2 aromatic carbocycles. The monoisotopic (exact) mass is 310 g/mol. The molecule has 4 heteroatoms. The van der Waals surface area contributed by atoms with Crippen molar-refractivity contribution in [3.8, 4) is 5.75 Å². The van der Waals surface area contributed by atoms with Crippen molar-refractivity contribution in [1.82, 2.24) is 0 Å². The van der Waals surface area contributed by atoms with E-state index in [9.17, 15) is 4.79 Å². The largest absolute Gasteiger partial charge is 0.490 e. The van der Waals surface area contributed by atoms with E-state index >= 15 is 0 Å². The zero-order chi connectivity index (χ0) is 15.9. The number of carbonyl (C=O) groups is 1. The topological polar surface area (TPSA) is 50.4 Å². The summed E-state index contributed by atoms with van der Waals surface area (Å²) in [7, 11) is 0. The van der Waals surface area contributed by atoms with Crippen molar-refractivity contribution in [2.24, 2.45) is 0 Å². The fourth-order valence-corrected chi connectivity index (χ4v) is 2.79. The van der Waals surface area contributed by atoms with Crippen molar-refractivity contribution in [1.29, 1.82) is 0 Å². The zero-order valence-corrected chi connectivity index (χ0v) is 13.1. The number of hydrogen-bond acceptors (Lipinski definition) is 3. The van der Waals surface area contributed by atoms with E-state index in [4.69, 9.17) is 4.74 Å². The van der Waals surface area contributed by atoms with Crippen molar-refractivity contribution >= 4 is 17.3 Å². The number of hydrogen-bond donors (Lipinski definition) is 2. The highest BCUT2D eigenvalue weighted by atomic mass is 16.5. The van der Waals surface area contributed by atoms with E-state index in [2.05, 4.69) is 10.6 Å². The number of rotatable bonds is 6. The Hall–Kier alpha value is -2.49. The van der Waals surface area contributed by atoms with Crippen LogP contribution in [0.2, 0.25) is 0 Å². The minimum absolute atomic E-state index is 0.0710. The third kappa shape index (κ3) is 4.74. The Bertz CT molecular complexity index is 637. The molecule has 1 aliphatic rings. The van der Waals surface area contributed by atoms with Gasteiger partial charge in [-0.2, -0.15) is 0 Å². The molecule has 1 amide bonds. The molecule has 0 unspecified atom stereocenters. The van der Waals surface area contributed by atoms with Gasteiger partial charge in [-0.05, 0) is 49.9 Å². The van der Waals surface area contributed by atoms with E-state index < -0.39 is 0 Å². The SMILES string of the molecule is O=C(CNc1cccc(OC2CCCC2)c1)Nc1ccccc1. The molecule has 0 aromatic heterocycles. The van der Waals surface area contributed by atoms with E-state index in [0.29, 0.717) is 6.10 Å². The van der Waals surface area contributed by atoms with Gasteiger partial charge in [0.25, 0.3) is 0 Å². The molecule has 3 rings (SSSR count). The fourth-order valence-electron chi connectivity index (χ4n) is 2.79. The van der Waals surface area contributed by atoms with Gasteiger partial charge in [0.1, 0.15) is 5.75 Å². The summed E-state index contributed by atoms with van der Waals surface area (Å²) >= 11 is 0. The number of ether oxygens (including phenoxy) is 1. The first-order valence-electron chi connectivity index (χ1n) is 8.15. The van der Waals surface area contributed by atoms with Crippen LogP contribution in [0.3, 0.4) is 0 Å². The summed E-state index contributed by atoms with van der Waals surface area (Å²) in [4.78, 5) is 11.9. The molecule has 2 aromatic rings. The van der Waals surface area contributed by atoms with E-state index in [1.54, 1.807) is 0 Å². The highest BCUT2D eigenvalue weighted by Gasteiger charge is 2.16. The third-order valence-corrected chi connectivity index (χ3v) is 3.95. The highest BCUT2D eigenvalue weighted by molar-refractivity contribution is 5.93. The second-order valence-electron chi connectivity index (χ2n) is 5.82. The maximum Gasteiger partial charge on any atom is 0.243 e. The van der Waals surface area contributed by atoms with Crippen LogP contribution in [0.4, 0.5) is 11.4 Å². The highest BCUT2D eigenvalue weighted by Crippen LogP contribution is 2.25. The van der Waals surface area contributed by atoms with Gasteiger partial charge in [0, 0.05) is 17.4 Å². The first kappa shape index (κ1) is 15.4. The van der Waals surface area contributed by atoms with Gasteiger partial charge in [0.05, 0.1) is 12.6 Å². The lowest BCUT2D eigenvalue weighted by atomic mass is 10.2. The van der Waals surface area contributed by atoms with E-state index in [1.165, 1.54) is 12.8 Å². The molecule has 0 aliphatic heterocycles. The molecule has 1 fully saturated rings. The molecule has 2 N–H and O–H groups in total. The van der Waals surface area contributed by atoms with Crippen LogP contribution in [-0.2, 0) is 4.79 Å². The number of amides is 1. The lowest BCUT2D eigenvalue weighted by molar-refractivity contribution is -0.114. The second kappa shape index (κ2) is 7.68. The second-order valence-corrected chi connectivity index (χ2v) is 5.82. The first-order valence-corrected chi connectivity index (χ1v) is 8.15. The van der Waals surface area contributed by atoms with E-state index in [1.807, 2.05) is 54.6 Å². The molecule has 1 saturated carbocycles. The average molecular weight is 310 g/mol. The minimum atomic E-state index is -0.0710. The lowest BCUT2D eigenvalue weighted by Crippen LogP contribution is -2.21. The van der Waals surface area contributed by atoms with Gasteiger partial charge in [-0.1, -0.05) is 24.3 Å². The van der Waals surface area contributed by atoms with Gasteiger partial charge in [-0.25, -0.2) is 0 Å². The standard InChI is InChI=1S/C19H22N2O2/c22-19(21-15-7-2-1-3-8-15)14-20-16-9-6-12-18(13-16)23-17-10-4-5-11-17/h1-3,6-9,12-13,17,20H,4-5,10-11,14H2,(H,21,22). The normalized spacial score (nSPS) is 14.4. The number of benzene rings is 2. The van der Waals surface area contributed by atoms with Crippen LogP contribution in [0.5, 0.6) is 5.75 Å². The summed E-state index contributed by atoms with van der Waals surface area (Å²) in [6.45, 7) is 0.224. The van der Waals surface area contributed by atoms with Crippen molar-refractivity contribution in [2.45, 2.75) is 31.8 Å². The molecule has 0 bridgehead atoms. The summed E-state index contributed by atoms with van der Waals surface area (Å²) in [6, 6.07) is 17.3. The lowest BCUT2D eigenvalue weighted by Gasteiger charge is -2.14. The molecule has 0 spiro atoms. The Balaban J connectivity index is 1.50. The van der Waals surface area contributed by atoms with Crippen molar-refractivity contribution < 1.29 is 9.53 Å². The van der Waals surface area contributed by atoms with Crippen LogP contribution < -0.4 is 15.4 Å². The van der Waals surface area contributed by atoms with Crippen LogP contribution in [0.15, 0.2) is 54.6 Å². The first-order chi connectivity index (χ1) is 11.3. The van der Waals surface area contributed by atoms with Crippen molar-refractivity contribution in [2.75, 3.05) is 17.2 Å². The van der Waals surface area contributed by atoms with Crippen LogP contribution in [0.25, 0.3) is 0 Å². The van der Waals surface area contributed by atoms with Gasteiger partial charge in [-0.15, -0.1) is 0 Å². The predicted octanol–water partition coefficient (Wildman–Crippen LogP) is 4.06. The zero-order valence-electron chi connectivity index (χ0n) is 13.1. The van der Waals surface area contributed by atoms with Crippen molar-refractivity contribution in [3.05, 3.63) is 54.6 Å². The Morgan fingerprint density at radius 3 is 2.52 bits per heavy atom. The molecule has 0 heterocycles. The molecule has 1 aliphatic carbocycles. The number of nitrogens with one attached hydrogen (secondary N) is 2. The molecule has 23 heavy (non-hydrogen) atoms. The Morgan fingerprint density at radius 2 is 1.74 bits per heavy atom. The van der Waals surface area contributed by atoms with E-state index in [-0.39, 0.29) is 12.5 Å². The van der Waals surface area contributed by atoms with E-state index in [0.717, 1.165) is 30.0 Å². The maximum atomic E-state index is 11.9. The maximum absolute atomic E-state index is 11.9. The van der Waals surface area contributed by atoms with Gasteiger partial charge < -0.3 is 15.4 Å². The fraction of sp³-hybridized carbons (Fsp3) is 0.316. The van der Waals surface area contributed by atoms with Gasteiger partial charge in [0.2, 0.25) is 5.91 Å². The average Bonchev–Trinajstić information content (AvgIpc) is 3.07. The number of anilines is 2. The van der Waals surface area contributed by atoms with Crippen LogP contribution in [0.1, 0.15) is 25.7 Å². The number of carbonyl (C=O) groups excluding carboxylic acids is 1. The Morgan fingerprint density at radius 1 is 1.00 bits per heavy atom. The Kier molecular flexibility index (Phi) is 5.14. The smallest absolute Gasteiger partial charge is 0.243 e.